The molecule has 0 saturated carbocycles. The molecule has 13 heavy (non-hydrogen) atoms. The molecule has 0 aromatic rings. The minimum atomic E-state index is -0.0773. The summed E-state index contributed by atoms with van der Waals surface area (Å²) in [5.41, 5.74) is -0.155. The van der Waals surface area contributed by atoms with Gasteiger partial charge in [0.15, 0.2) is 0 Å². The SMILES string of the molecule is N#CC(=C=[N-])/C=C/C=C(C#N)C#N. The monoisotopic (exact) mass is 167 g/mol. The summed E-state index contributed by atoms with van der Waals surface area (Å²) in [6.07, 6.45) is 3.77. The summed E-state index contributed by atoms with van der Waals surface area (Å²) in [7, 11) is 0. The molecule has 0 spiro atoms. The first-order valence-electron chi connectivity index (χ1n) is 3.14. The standard InChI is InChI=1S/C9H3N4/c10-4-8(5-11)2-1-3-9(6-12)7-13/h1-3H/q-1/b2-1+. The van der Waals surface area contributed by atoms with Gasteiger partial charge in [0, 0.05) is 0 Å². The van der Waals surface area contributed by atoms with Crippen LogP contribution in [0.4, 0.5) is 0 Å². The zero-order valence-corrected chi connectivity index (χ0v) is 6.52. The van der Waals surface area contributed by atoms with Gasteiger partial charge in [-0.3, -0.25) is 5.87 Å². The Labute approximate surface area is 75.5 Å². The summed E-state index contributed by atoms with van der Waals surface area (Å²) >= 11 is 0. The molecule has 0 aliphatic heterocycles. The second-order valence-corrected chi connectivity index (χ2v) is 1.80. The Hall–Kier alpha value is -2.60. The second-order valence-electron chi connectivity index (χ2n) is 1.80. The van der Waals surface area contributed by atoms with Crippen LogP contribution in [0.3, 0.4) is 0 Å². The van der Waals surface area contributed by atoms with Gasteiger partial charge in [0.2, 0.25) is 0 Å². The van der Waals surface area contributed by atoms with E-state index in [9.17, 15) is 0 Å². The molecule has 60 valence electrons. The van der Waals surface area contributed by atoms with Crippen LogP contribution < -0.4 is 0 Å². The Morgan fingerprint density at radius 2 is 1.69 bits per heavy atom. The van der Waals surface area contributed by atoms with Gasteiger partial charge < -0.3 is 5.41 Å². The Morgan fingerprint density at radius 3 is 2.08 bits per heavy atom. The van der Waals surface area contributed by atoms with Crippen LogP contribution >= 0.6 is 0 Å². The van der Waals surface area contributed by atoms with E-state index in [0.29, 0.717) is 0 Å². The molecular formula is C9H3N4-. The Balaban J connectivity index is 4.62. The highest BCUT2D eigenvalue weighted by atomic mass is 14.3. The first kappa shape index (κ1) is 10.4. The van der Waals surface area contributed by atoms with Crippen molar-refractivity contribution in [2.75, 3.05) is 0 Å². The highest BCUT2D eigenvalue weighted by molar-refractivity contribution is 5.70. The predicted molar refractivity (Wildman–Crippen MR) is 45.9 cm³/mol. The van der Waals surface area contributed by atoms with Crippen LogP contribution in [0.2, 0.25) is 0 Å². The Morgan fingerprint density at radius 1 is 1.08 bits per heavy atom. The van der Waals surface area contributed by atoms with Crippen molar-refractivity contribution in [3.05, 3.63) is 34.8 Å². The molecule has 0 fully saturated rings. The van der Waals surface area contributed by atoms with Crippen molar-refractivity contribution in [2.24, 2.45) is 0 Å². The van der Waals surface area contributed by atoms with Crippen LogP contribution in [0, 0.1) is 34.0 Å². The summed E-state index contributed by atoms with van der Waals surface area (Å²) in [6.45, 7) is 0. The number of nitriles is 3. The lowest BCUT2D eigenvalue weighted by Crippen LogP contribution is -1.71. The number of allylic oxidation sites excluding steroid dienone is 5. The molecule has 0 unspecified atom stereocenters. The van der Waals surface area contributed by atoms with Crippen LogP contribution in [0.25, 0.3) is 5.41 Å². The minimum absolute atomic E-state index is 0.0773. The van der Waals surface area contributed by atoms with Crippen molar-refractivity contribution in [1.29, 1.82) is 15.8 Å². The molecule has 0 atom stereocenters. The van der Waals surface area contributed by atoms with E-state index < -0.39 is 0 Å². The molecule has 4 heteroatoms. The van der Waals surface area contributed by atoms with E-state index in [1.54, 1.807) is 24.1 Å². The Kier molecular flexibility index (Phi) is 4.91. The van der Waals surface area contributed by atoms with Crippen molar-refractivity contribution in [3.63, 3.8) is 0 Å². The van der Waals surface area contributed by atoms with E-state index in [1.165, 1.54) is 18.2 Å². The van der Waals surface area contributed by atoms with Gasteiger partial charge in [-0.1, -0.05) is 6.08 Å². The first-order chi connectivity index (χ1) is 6.28. The van der Waals surface area contributed by atoms with Crippen LogP contribution in [0.15, 0.2) is 29.4 Å². The minimum Gasteiger partial charge on any atom is -0.762 e. The third kappa shape index (κ3) is 3.96. The zero-order valence-electron chi connectivity index (χ0n) is 6.52. The molecule has 0 aromatic carbocycles. The summed E-state index contributed by atoms with van der Waals surface area (Å²) in [4.78, 5) is 0. The van der Waals surface area contributed by atoms with Crippen molar-refractivity contribution in [2.45, 2.75) is 0 Å². The van der Waals surface area contributed by atoms with Gasteiger partial charge in [0.1, 0.15) is 23.8 Å². The molecule has 0 rings (SSSR count). The number of nitrogens with zero attached hydrogens (tertiary/aromatic N) is 4. The van der Waals surface area contributed by atoms with Crippen molar-refractivity contribution in [1.82, 2.24) is 0 Å². The molecule has 0 N–H and O–H groups in total. The molecule has 0 aliphatic rings. The van der Waals surface area contributed by atoms with Gasteiger partial charge in [0.05, 0.1) is 5.57 Å². The van der Waals surface area contributed by atoms with E-state index in [0.717, 1.165) is 0 Å². The lowest BCUT2D eigenvalue weighted by molar-refractivity contribution is 1.46. The molecular weight excluding hydrogens is 164 g/mol. The predicted octanol–water partition coefficient (Wildman–Crippen LogP) is 1.21. The van der Waals surface area contributed by atoms with E-state index in [4.69, 9.17) is 21.2 Å². The fourth-order valence-electron chi connectivity index (χ4n) is 0.440. The van der Waals surface area contributed by atoms with E-state index >= 15 is 0 Å². The molecule has 0 saturated heterocycles. The van der Waals surface area contributed by atoms with Gasteiger partial charge in [0.25, 0.3) is 0 Å². The smallest absolute Gasteiger partial charge is 0.129 e. The molecule has 4 nitrogen and oxygen atoms in total. The third-order valence-corrected chi connectivity index (χ3v) is 1.01. The Bertz CT molecular complexity index is 398. The fraction of sp³-hybridized carbons (Fsp3) is 0. The molecule has 0 amide bonds. The largest absolute Gasteiger partial charge is 0.762 e. The fourth-order valence-corrected chi connectivity index (χ4v) is 0.440. The van der Waals surface area contributed by atoms with Gasteiger partial charge in [-0.25, -0.2) is 0 Å². The summed E-state index contributed by atoms with van der Waals surface area (Å²) in [5.74, 6) is 1.64. The van der Waals surface area contributed by atoms with Crippen LogP contribution in [-0.4, -0.2) is 5.87 Å². The van der Waals surface area contributed by atoms with Gasteiger partial charge in [-0.15, -0.1) is 0 Å². The van der Waals surface area contributed by atoms with Crippen LogP contribution in [-0.2, 0) is 0 Å². The van der Waals surface area contributed by atoms with Crippen molar-refractivity contribution < 1.29 is 0 Å². The molecule has 0 heterocycles. The second kappa shape index (κ2) is 6.13. The van der Waals surface area contributed by atoms with E-state index in [2.05, 4.69) is 0 Å². The van der Waals surface area contributed by atoms with Gasteiger partial charge in [-0.05, 0) is 12.2 Å². The molecule has 0 radical (unpaired) electrons. The maximum atomic E-state index is 8.29. The summed E-state index contributed by atoms with van der Waals surface area (Å²) in [5, 5.41) is 33.2. The molecule has 0 aliphatic carbocycles. The topological polar surface area (TPSA) is 93.7 Å². The van der Waals surface area contributed by atoms with Gasteiger partial charge in [-0.2, -0.15) is 15.8 Å². The average molecular weight is 167 g/mol. The highest BCUT2D eigenvalue weighted by Gasteiger charge is 1.86. The maximum Gasteiger partial charge on any atom is 0.129 e. The third-order valence-electron chi connectivity index (χ3n) is 1.01. The lowest BCUT2D eigenvalue weighted by atomic mass is 10.2. The van der Waals surface area contributed by atoms with E-state index in [-0.39, 0.29) is 11.1 Å². The van der Waals surface area contributed by atoms with Gasteiger partial charge >= 0.3 is 0 Å². The quantitative estimate of drug-likeness (QED) is 0.351. The number of hydrogen-bond acceptors (Lipinski definition) is 3. The first-order valence-corrected chi connectivity index (χ1v) is 3.14. The summed E-state index contributed by atoms with van der Waals surface area (Å²) in [6, 6.07) is 4.91. The van der Waals surface area contributed by atoms with Crippen molar-refractivity contribution >= 4 is 5.87 Å². The van der Waals surface area contributed by atoms with Crippen LogP contribution in [0.5, 0.6) is 0 Å². The normalized spacial score (nSPS) is 7.46. The average Bonchev–Trinajstić information content (AvgIpc) is 2.19. The molecule has 0 aromatic heterocycles. The van der Waals surface area contributed by atoms with Crippen LogP contribution in [0.1, 0.15) is 0 Å². The summed E-state index contributed by atoms with van der Waals surface area (Å²) < 4.78 is 0. The highest BCUT2D eigenvalue weighted by Crippen LogP contribution is 1.93. The molecule has 0 bridgehead atoms. The maximum absolute atomic E-state index is 8.29. The zero-order chi connectivity index (χ0) is 10.1. The van der Waals surface area contributed by atoms with Crippen molar-refractivity contribution in [3.8, 4) is 18.2 Å². The lowest BCUT2D eigenvalue weighted by Gasteiger charge is -1.81. The number of hydrogen-bond donors (Lipinski definition) is 0. The number of rotatable bonds is 2. The van der Waals surface area contributed by atoms with E-state index in [1.807, 2.05) is 0 Å².